The molecule has 1 rings (SSSR count). The minimum Gasteiger partial charge on any atom is -0.258 e. The van der Waals surface area contributed by atoms with E-state index in [0.29, 0.717) is 0 Å². The smallest absolute Gasteiger partial charge is 0.0842 e. The summed E-state index contributed by atoms with van der Waals surface area (Å²) in [7, 11) is 0. The van der Waals surface area contributed by atoms with Gasteiger partial charge < -0.3 is 0 Å². The van der Waals surface area contributed by atoms with Crippen LogP contribution in [0, 0.1) is 6.92 Å². The van der Waals surface area contributed by atoms with Gasteiger partial charge in [0.1, 0.15) is 0 Å². The highest BCUT2D eigenvalue weighted by molar-refractivity contribution is 5.48. The molecule has 84 valence electrons. The molecule has 0 fully saturated rings. The van der Waals surface area contributed by atoms with Crippen LogP contribution in [0.25, 0.3) is 6.08 Å². The van der Waals surface area contributed by atoms with Crippen LogP contribution in [0.2, 0.25) is 0 Å². The Hall–Kier alpha value is -1.44. The maximum absolute atomic E-state index is 4.12. The van der Waals surface area contributed by atoms with Gasteiger partial charge in [-0.3, -0.25) is 9.97 Å². The molecule has 0 aliphatic rings. The molecule has 0 saturated heterocycles. The third-order valence-electron chi connectivity index (χ3n) is 1.31. The van der Waals surface area contributed by atoms with E-state index >= 15 is 0 Å². The lowest BCUT2D eigenvalue weighted by Crippen LogP contribution is -1.88. The fraction of sp³-hybridized carbons (Fsp3) is 0.385. The summed E-state index contributed by atoms with van der Waals surface area (Å²) in [5.41, 5.74) is 1.83. The molecule has 1 aromatic rings. The van der Waals surface area contributed by atoms with Gasteiger partial charge in [0, 0.05) is 12.4 Å². The first-order chi connectivity index (χ1) is 7.34. The predicted octanol–water partition coefficient (Wildman–Crippen LogP) is 4.04. The van der Waals surface area contributed by atoms with E-state index in [0.717, 1.165) is 11.4 Å². The summed E-state index contributed by atoms with van der Waals surface area (Å²) in [4.78, 5) is 8.20. The molecular formula is C13H22N2. The standard InChI is InChI=1S/C9H10N2.2C2H6/c1-3-4-5-9-8(2)10-6-7-11-9;2*1-2/h3-7H,1H2,2H3;2*1-2H3/b5-4-;;. The average Bonchev–Trinajstić information content (AvgIpc) is 2.33. The second kappa shape index (κ2) is 12.6. The Morgan fingerprint density at radius 1 is 1.07 bits per heavy atom. The summed E-state index contributed by atoms with van der Waals surface area (Å²) in [6, 6.07) is 0. The molecule has 0 aliphatic carbocycles. The van der Waals surface area contributed by atoms with E-state index < -0.39 is 0 Å². The molecule has 2 heteroatoms. The first-order valence-electron chi connectivity index (χ1n) is 5.41. The molecule has 0 N–H and O–H groups in total. The van der Waals surface area contributed by atoms with Gasteiger partial charge in [-0.05, 0) is 13.0 Å². The fourth-order valence-corrected chi connectivity index (χ4v) is 0.741. The zero-order valence-electron chi connectivity index (χ0n) is 10.5. The van der Waals surface area contributed by atoms with Crippen LogP contribution in [0.15, 0.2) is 31.1 Å². The summed E-state index contributed by atoms with van der Waals surface area (Å²) in [6.45, 7) is 13.5. The van der Waals surface area contributed by atoms with Crippen LogP contribution in [0.4, 0.5) is 0 Å². The molecule has 0 saturated carbocycles. The topological polar surface area (TPSA) is 25.8 Å². The van der Waals surface area contributed by atoms with Gasteiger partial charge in [-0.2, -0.15) is 0 Å². The number of nitrogens with zero attached hydrogens (tertiary/aromatic N) is 2. The van der Waals surface area contributed by atoms with E-state index in [1.807, 2.05) is 46.8 Å². The van der Waals surface area contributed by atoms with Gasteiger partial charge in [0.2, 0.25) is 0 Å². The maximum Gasteiger partial charge on any atom is 0.0842 e. The van der Waals surface area contributed by atoms with Crippen LogP contribution in [0.3, 0.4) is 0 Å². The van der Waals surface area contributed by atoms with Gasteiger partial charge in [0.15, 0.2) is 0 Å². The van der Waals surface area contributed by atoms with Crippen LogP contribution in [-0.4, -0.2) is 9.97 Å². The molecule has 0 aromatic carbocycles. The number of aromatic nitrogens is 2. The van der Waals surface area contributed by atoms with Gasteiger partial charge in [-0.15, -0.1) is 0 Å². The number of rotatable bonds is 2. The van der Waals surface area contributed by atoms with Crippen LogP contribution < -0.4 is 0 Å². The van der Waals surface area contributed by atoms with Gasteiger partial charge in [0.05, 0.1) is 11.4 Å². The van der Waals surface area contributed by atoms with Crippen molar-refractivity contribution in [1.82, 2.24) is 9.97 Å². The highest BCUT2D eigenvalue weighted by Crippen LogP contribution is 2.00. The lowest BCUT2D eigenvalue weighted by atomic mass is 10.3. The molecule has 0 aliphatic heterocycles. The minimum atomic E-state index is 0.896. The lowest BCUT2D eigenvalue weighted by molar-refractivity contribution is 1.10. The average molecular weight is 206 g/mol. The Labute approximate surface area is 93.8 Å². The number of aryl methyl sites for hydroxylation is 1. The molecule has 0 radical (unpaired) electrons. The van der Waals surface area contributed by atoms with E-state index in [2.05, 4.69) is 16.5 Å². The summed E-state index contributed by atoms with van der Waals surface area (Å²) in [5.74, 6) is 0. The Kier molecular flexibility index (Phi) is 13.4. The first-order valence-corrected chi connectivity index (χ1v) is 5.41. The zero-order valence-corrected chi connectivity index (χ0v) is 10.5. The van der Waals surface area contributed by atoms with Crippen molar-refractivity contribution in [3.63, 3.8) is 0 Å². The van der Waals surface area contributed by atoms with Gasteiger partial charge in [-0.25, -0.2) is 0 Å². The molecular weight excluding hydrogens is 184 g/mol. The van der Waals surface area contributed by atoms with Gasteiger partial charge in [0.25, 0.3) is 0 Å². The summed E-state index contributed by atoms with van der Waals surface area (Å²) in [6.07, 6.45) is 8.80. The molecule has 0 bridgehead atoms. The van der Waals surface area contributed by atoms with Gasteiger partial charge in [-0.1, -0.05) is 46.4 Å². The maximum atomic E-state index is 4.12. The predicted molar refractivity (Wildman–Crippen MR) is 68.7 cm³/mol. The zero-order chi connectivity index (χ0) is 12.1. The third-order valence-corrected chi connectivity index (χ3v) is 1.31. The number of allylic oxidation sites excluding steroid dienone is 2. The molecule has 1 heterocycles. The Balaban J connectivity index is 0. The highest BCUT2D eigenvalue weighted by Gasteiger charge is 1.91. The van der Waals surface area contributed by atoms with Crippen molar-refractivity contribution in [2.45, 2.75) is 34.6 Å². The fourth-order valence-electron chi connectivity index (χ4n) is 0.741. The number of hydrogen-bond acceptors (Lipinski definition) is 2. The monoisotopic (exact) mass is 206 g/mol. The van der Waals surface area contributed by atoms with Crippen molar-refractivity contribution in [3.05, 3.63) is 42.5 Å². The van der Waals surface area contributed by atoms with E-state index in [9.17, 15) is 0 Å². The molecule has 0 spiro atoms. The number of hydrogen-bond donors (Lipinski definition) is 0. The van der Waals surface area contributed by atoms with Crippen molar-refractivity contribution >= 4 is 6.08 Å². The van der Waals surface area contributed by atoms with Crippen molar-refractivity contribution in [2.75, 3.05) is 0 Å². The van der Waals surface area contributed by atoms with Crippen LogP contribution in [0.5, 0.6) is 0 Å². The first kappa shape index (κ1) is 16.0. The van der Waals surface area contributed by atoms with E-state index in [1.54, 1.807) is 18.5 Å². The second-order valence-electron chi connectivity index (χ2n) is 2.12. The third kappa shape index (κ3) is 7.62. The molecule has 0 amide bonds. The largest absolute Gasteiger partial charge is 0.258 e. The van der Waals surface area contributed by atoms with Crippen molar-refractivity contribution in [3.8, 4) is 0 Å². The summed E-state index contributed by atoms with van der Waals surface area (Å²) in [5, 5.41) is 0. The summed E-state index contributed by atoms with van der Waals surface area (Å²) < 4.78 is 0. The van der Waals surface area contributed by atoms with Crippen LogP contribution in [0.1, 0.15) is 39.1 Å². The van der Waals surface area contributed by atoms with Crippen molar-refractivity contribution < 1.29 is 0 Å². The summed E-state index contributed by atoms with van der Waals surface area (Å²) >= 11 is 0. The van der Waals surface area contributed by atoms with Crippen molar-refractivity contribution in [1.29, 1.82) is 0 Å². The molecule has 0 unspecified atom stereocenters. The minimum absolute atomic E-state index is 0.896. The normalized spacial score (nSPS) is 8.33. The Morgan fingerprint density at radius 3 is 2.07 bits per heavy atom. The Bertz CT molecular complexity index is 278. The molecule has 2 nitrogen and oxygen atoms in total. The highest BCUT2D eigenvalue weighted by atomic mass is 14.8. The van der Waals surface area contributed by atoms with Crippen LogP contribution >= 0.6 is 0 Å². The SMILES string of the molecule is C=C/C=C\c1nccnc1C.CC.CC. The lowest BCUT2D eigenvalue weighted by Gasteiger charge is -1.94. The van der Waals surface area contributed by atoms with E-state index in [-0.39, 0.29) is 0 Å². The van der Waals surface area contributed by atoms with Crippen LogP contribution in [-0.2, 0) is 0 Å². The molecule has 0 atom stereocenters. The van der Waals surface area contributed by atoms with E-state index in [4.69, 9.17) is 0 Å². The second-order valence-corrected chi connectivity index (χ2v) is 2.12. The molecule has 1 aromatic heterocycles. The van der Waals surface area contributed by atoms with Crippen molar-refractivity contribution in [2.24, 2.45) is 0 Å². The quantitative estimate of drug-likeness (QED) is 0.682. The van der Waals surface area contributed by atoms with E-state index in [1.165, 1.54) is 0 Å². The molecule has 15 heavy (non-hydrogen) atoms. The van der Waals surface area contributed by atoms with Gasteiger partial charge >= 0.3 is 0 Å². The Morgan fingerprint density at radius 2 is 1.60 bits per heavy atom.